The molecule has 0 atom stereocenters. The van der Waals surface area contributed by atoms with Gasteiger partial charge in [-0.15, -0.1) is 0 Å². The maximum absolute atomic E-state index is 12.0. The molecular weight excluding hydrogens is 304 g/mol. The topological polar surface area (TPSA) is 79.2 Å². The Balaban J connectivity index is 1.51. The number of benzene rings is 1. The van der Waals surface area contributed by atoms with Gasteiger partial charge in [0, 0.05) is 25.5 Å². The lowest BCUT2D eigenvalue weighted by Gasteiger charge is -2.22. The summed E-state index contributed by atoms with van der Waals surface area (Å²) in [5, 5.41) is 20.1. The van der Waals surface area contributed by atoms with Gasteiger partial charge >= 0.3 is 6.03 Å². The van der Waals surface area contributed by atoms with Gasteiger partial charge in [-0.05, 0) is 30.0 Å². The molecule has 1 aromatic heterocycles. The Bertz CT molecular complexity index is 663. The molecule has 0 aliphatic heterocycles. The van der Waals surface area contributed by atoms with Gasteiger partial charge in [0.2, 0.25) is 0 Å². The van der Waals surface area contributed by atoms with Crippen molar-refractivity contribution in [3.05, 3.63) is 53.9 Å². The van der Waals surface area contributed by atoms with Crippen molar-refractivity contribution in [2.45, 2.75) is 44.4 Å². The first-order valence-electron chi connectivity index (χ1n) is 8.43. The van der Waals surface area contributed by atoms with Crippen LogP contribution in [0.15, 0.2) is 42.7 Å². The molecule has 6 nitrogen and oxygen atoms in total. The first-order chi connectivity index (χ1) is 11.6. The smallest absolute Gasteiger partial charge is 0.315 e. The predicted octanol–water partition coefficient (Wildman–Crippen LogP) is 2.04. The van der Waals surface area contributed by atoms with E-state index in [9.17, 15) is 9.90 Å². The Kier molecular flexibility index (Phi) is 5.15. The van der Waals surface area contributed by atoms with Crippen LogP contribution in [0.5, 0.6) is 0 Å². The fraction of sp³-hybridized carbons (Fsp3) is 0.444. The molecule has 0 radical (unpaired) electrons. The highest BCUT2D eigenvalue weighted by atomic mass is 16.3. The van der Waals surface area contributed by atoms with Crippen LogP contribution in [-0.2, 0) is 13.1 Å². The van der Waals surface area contributed by atoms with E-state index >= 15 is 0 Å². The van der Waals surface area contributed by atoms with Gasteiger partial charge < -0.3 is 15.7 Å². The molecule has 1 aliphatic carbocycles. The van der Waals surface area contributed by atoms with Gasteiger partial charge in [-0.2, -0.15) is 5.10 Å². The second-order valence-electron chi connectivity index (χ2n) is 6.44. The number of urea groups is 1. The first kappa shape index (κ1) is 16.5. The molecule has 0 bridgehead atoms. The average Bonchev–Trinajstić information content (AvgIpc) is 3.24. The van der Waals surface area contributed by atoms with E-state index in [2.05, 4.69) is 15.7 Å². The van der Waals surface area contributed by atoms with Gasteiger partial charge in [0.15, 0.2) is 0 Å². The summed E-state index contributed by atoms with van der Waals surface area (Å²) in [5.41, 5.74) is 1.45. The van der Waals surface area contributed by atoms with Crippen molar-refractivity contribution in [1.82, 2.24) is 20.4 Å². The molecule has 1 aromatic carbocycles. The molecule has 2 amide bonds. The third kappa shape index (κ3) is 4.35. The summed E-state index contributed by atoms with van der Waals surface area (Å²) in [5.74, 6) is 0. The number of carbonyl (C=O) groups is 1. The summed E-state index contributed by atoms with van der Waals surface area (Å²) in [6.07, 6.45) is 7.25. The van der Waals surface area contributed by atoms with E-state index in [0.29, 0.717) is 19.6 Å². The molecule has 0 spiro atoms. The van der Waals surface area contributed by atoms with Crippen LogP contribution in [0.4, 0.5) is 4.79 Å². The van der Waals surface area contributed by atoms with Crippen molar-refractivity contribution in [3.8, 4) is 0 Å². The van der Waals surface area contributed by atoms with Crippen molar-refractivity contribution in [2.24, 2.45) is 0 Å². The first-order valence-corrected chi connectivity index (χ1v) is 8.43. The number of aliphatic hydroxyl groups is 1. The van der Waals surface area contributed by atoms with Crippen LogP contribution >= 0.6 is 0 Å². The number of hydrogen-bond donors (Lipinski definition) is 3. The van der Waals surface area contributed by atoms with Gasteiger partial charge in [0.05, 0.1) is 12.1 Å². The van der Waals surface area contributed by atoms with Crippen molar-refractivity contribution in [2.75, 3.05) is 6.54 Å². The lowest BCUT2D eigenvalue weighted by molar-refractivity contribution is 0.0501. The van der Waals surface area contributed by atoms with Gasteiger partial charge in [-0.3, -0.25) is 4.68 Å². The van der Waals surface area contributed by atoms with Crippen molar-refractivity contribution in [1.29, 1.82) is 0 Å². The van der Waals surface area contributed by atoms with E-state index < -0.39 is 5.60 Å². The maximum Gasteiger partial charge on any atom is 0.315 e. The zero-order chi connectivity index (χ0) is 16.8. The molecule has 6 heteroatoms. The maximum atomic E-state index is 12.0. The molecular formula is C18H24N4O2. The van der Waals surface area contributed by atoms with Crippen LogP contribution < -0.4 is 10.6 Å². The number of rotatable bonds is 6. The summed E-state index contributed by atoms with van der Waals surface area (Å²) < 4.78 is 1.86. The molecule has 1 aliphatic rings. The normalized spacial score (nSPS) is 16.0. The summed E-state index contributed by atoms with van der Waals surface area (Å²) in [7, 11) is 0. The molecule has 0 saturated heterocycles. The minimum Gasteiger partial charge on any atom is -0.388 e. The molecule has 1 fully saturated rings. The van der Waals surface area contributed by atoms with E-state index in [-0.39, 0.29) is 6.03 Å². The third-order valence-electron chi connectivity index (χ3n) is 4.56. The average molecular weight is 328 g/mol. The molecule has 1 saturated carbocycles. The molecule has 3 rings (SSSR count). The number of aromatic nitrogens is 2. The Hall–Kier alpha value is -2.34. The van der Waals surface area contributed by atoms with Gasteiger partial charge in [0.1, 0.15) is 0 Å². The predicted molar refractivity (Wildman–Crippen MR) is 91.4 cm³/mol. The summed E-state index contributed by atoms with van der Waals surface area (Å²) in [4.78, 5) is 12.0. The van der Waals surface area contributed by atoms with Gasteiger partial charge in [-0.25, -0.2) is 4.79 Å². The summed E-state index contributed by atoms with van der Waals surface area (Å²) in [6, 6.07) is 9.63. The minimum atomic E-state index is -0.727. The number of nitrogens with one attached hydrogen (secondary N) is 2. The number of hydrogen-bond acceptors (Lipinski definition) is 3. The lowest BCUT2D eigenvalue weighted by Crippen LogP contribution is -2.44. The Labute approximate surface area is 141 Å². The number of nitrogens with zero attached hydrogens (tertiary/aromatic N) is 2. The van der Waals surface area contributed by atoms with E-state index in [4.69, 9.17) is 0 Å². The van der Waals surface area contributed by atoms with E-state index in [1.54, 1.807) is 6.20 Å². The molecule has 1 heterocycles. The zero-order valence-corrected chi connectivity index (χ0v) is 13.7. The van der Waals surface area contributed by atoms with E-state index in [1.807, 2.05) is 41.2 Å². The Morgan fingerprint density at radius 3 is 2.62 bits per heavy atom. The van der Waals surface area contributed by atoms with Gasteiger partial charge in [-0.1, -0.05) is 37.1 Å². The standard InChI is InChI=1S/C18H24N4O2/c23-17(20-14-18(24)8-3-4-9-18)19-12-15-6-1-2-7-16(15)13-22-11-5-10-21-22/h1-2,5-7,10-11,24H,3-4,8-9,12-14H2,(H2,19,20,23). The van der Waals surface area contributed by atoms with Gasteiger partial charge in [0.25, 0.3) is 0 Å². The fourth-order valence-corrected chi connectivity index (χ4v) is 3.15. The summed E-state index contributed by atoms with van der Waals surface area (Å²) >= 11 is 0. The van der Waals surface area contributed by atoms with Crippen LogP contribution in [0.2, 0.25) is 0 Å². The molecule has 2 aromatic rings. The van der Waals surface area contributed by atoms with Crippen LogP contribution in [0.25, 0.3) is 0 Å². The quantitative estimate of drug-likeness (QED) is 0.759. The Morgan fingerprint density at radius 1 is 1.17 bits per heavy atom. The highest BCUT2D eigenvalue weighted by Crippen LogP contribution is 2.28. The highest BCUT2D eigenvalue weighted by molar-refractivity contribution is 5.73. The number of carbonyl (C=O) groups excluding carboxylic acids is 1. The third-order valence-corrected chi connectivity index (χ3v) is 4.56. The largest absolute Gasteiger partial charge is 0.388 e. The van der Waals surface area contributed by atoms with E-state index in [1.165, 1.54) is 0 Å². The van der Waals surface area contributed by atoms with Crippen molar-refractivity contribution < 1.29 is 9.90 Å². The molecule has 0 unspecified atom stereocenters. The Morgan fingerprint density at radius 2 is 1.92 bits per heavy atom. The fourth-order valence-electron chi connectivity index (χ4n) is 3.15. The lowest BCUT2D eigenvalue weighted by atomic mass is 10.0. The van der Waals surface area contributed by atoms with Crippen LogP contribution in [-0.4, -0.2) is 33.1 Å². The minimum absolute atomic E-state index is 0.246. The van der Waals surface area contributed by atoms with Crippen LogP contribution in [0, 0.1) is 0 Å². The monoisotopic (exact) mass is 328 g/mol. The SMILES string of the molecule is O=C(NCc1ccccc1Cn1cccn1)NCC1(O)CCCC1. The van der Waals surface area contributed by atoms with E-state index in [0.717, 1.165) is 36.8 Å². The second kappa shape index (κ2) is 7.49. The molecule has 24 heavy (non-hydrogen) atoms. The second-order valence-corrected chi connectivity index (χ2v) is 6.44. The van der Waals surface area contributed by atoms with Crippen molar-refractivity contribution >= 4 is 6.03 Å². The van der Waals surface area contributed by atoms with Crippen LogP contribution in [0.1, 0.15) is 36.8 Å². The molecule has 128 valence electrons. The zero-order valence-electron chi connectivity index (χ0n) is 13.7. The van der Waals surface area contributed by atoms with Crippen molar-refractivity contribution in [3.63, 3.8) is 0 Å². The molecule has 3 N–H and O–H groups in total. The highest BCUT2D eigenvalue weighted by Gasteiger charge is 2.31. The van der Waals surface area contributed by atoms with Crippen LogP contribution in [0.3, 0.4) is 0 Å². The summed E-state index contributed by atoms with van der Waals surface area (Å²) in [6.45, 7) is 1.43. The number of amides is 2.